The van der Waals surface area contributed by atoms with Gasteiger partial charge in [-0.1, -0.05) is 162 Å². The van der Waals surface area contributed by atoms with Crippen molar-refractivity contribution in [3.63, 3.8) is 0 Å². The largest absolute Gasteiger partial charge is 2.00 e. The molecule has 0 amide bonds. The topological polar surface area (TPSA) is 52.8 Å². The summed E-state index contributed by atoms with van der Waals surface area (Å²) in [7, 11) is 0. The third-order valence-corrected chi connectivity index (χ3v) is 9.49. The molecule has 8 bridgehead atoms. The second-order valence-corrected chi connectivity index (χ2v) is 12.6. The van der Waals surface area contributed by atoms with E-state index in [0.29, 0.717) is 6.42 Å². The number of hydrogen-bond acceptors (Lipinski definition) is 3. The Hall–Kier alpha value is -6.29. The van der Waals surface area contributed by atoms with Gasteiger partial charge < -0.3 is 9.97 Å². The van der Waals surface area contributed by atoms with E-state index in [0.717, 1.165) is 94.8 Å². The molecular formula is C47H32N4Ni. The number of allylic oxidation sites excluding steroid dienone is 1. The van der Waals surface area contributed by atoms with Crippen molar-refractivity contribution >= 4 is 46.2 Å². The normalized spacial score (nSPS) is 11.7. The Morgan fingerprint density at radius 2 is 0.885 bits per heavy atom. The maximum absolute atomic E-state index is 5.40. The number of benzene rings is 4. The van der Waals surface area contributed by atoms with E-state index in [9.17, 15) is 0 Å². The van der Waals surface area contributed by atoms with Gasteiger partial charge in [0.15, 0.2) is 0 Å². The molecule has 0 spiro atoms. The monoisotopic (exact) mass is 710 g/mol. The summed E-state index contributed by atoms with van der Waals surface area (Å²) in [5, 5.41) is 1.03. The van der Waals surface area contributed by atoms with Crippen LogP contribution < -0.4 is 4.98 Å². The molecule has 0 saturated heterocycles. The molecule has 2 aliphatic rings. The van der Waals surface area contributed by atoms with Crippen LogP contribution in [0, 0.1) is 0 Å². The van der Waals surface area contributed by atoms with Crippen molar-refractivity contribution in [3.05, 3.63) is 181 Å². The first-order valence-corrected chi connectivity index (χ1v) is 17.2. The molecule has 0 fully saturated rings. The van der Waals surface area contributed by atoms with Gasteiger partial charge in [-0.25, -0.2) is 0 Å². The van der Waals surface area contributed by atoms with Crippen LogP contribution in [0.2, 0.25) is 0 Å². The maximum atomic E-state index is 5.40. The van der Waals surface area contributed by atoms with Crippen molar-refractivity contribution in [2.75, 3.05) is 0 Å². The number of rotatable bonds is 6. The van der Waals surface area contributed by atoms with Crippen molar-refractivity contribution < 1.29 is 16.5 Å². The molecule has 7 aromatic rings. The van der Waals surface area contributed by atoms with Crippen LogP contribution in [-0.4, -0.2) is 15.0 Å². The summed E-state index contributed by atoms with van der Waals surface area (Å²) in [5.41, 5.74) is 15.3. The van der Waals surface area contributed by atoms with Crippen LogP contribution in [0.1, 0.15) is 28.3 Å². The minimum atomic E-state index is 0. The molecule has 2 aliphatic heterocycles. The van der Waals surface area contributed by atoms with E-state index in [4.69, 9.17) is 19.9 Å². The molecular weight excluding hydrogens is 679 g/mol. The fourth-order valence-electron chi connectivity index (χ4n) is 7.24. The van der Waals surface area contributed by atoms with Gasteiger partial charge in [-0.15, -0.1) is 23.0 Å². The molecule has 4 nitrogen and oxygen atoms in total. The van der Waals surface area contributed by atoms with Crippen LogP contribution in [0.5, 0.6) is 0 Å². The third kappa shape index (κ3) is 5.85. The quantitative estimate of drug-likeness (QED) is 0.0979. The third-order valence-electron chi connectivity index (χ3n) is 9.49. The van der Waals surface area contributed by atoms with Gasteiger partial charge in [0, 0.05) is 11.4 Å². The molecule has 0 aliphatic carbocycles. The Balaban J connectivity index is 0.00000387. The van der Waals surface area contributed by atoms with Gasteiger partial charge in [0.1, 0.15) is 0 Å². The van der Waals surface area contributed by atoms with Crippen molar-refractivity contribution in [1.29, 1.82) is 0 Å². The molecule has 0 saturated carbocycles. The minimum Gasteiger partial charge on any atom is -0.657 e. The summed E-state index contributed by atoms with van der Waals surface area (Å²) in [5.74, 6) is 0. The molecule has 5 heterocycles. The zero-order valence-corrected chi connectivity index (χ0v) is 29.2. The first kappa shape index (κ1) is 32.9. The molecule has 52 heavy (non-hydrogen) atoms. The summed E-state index contributed by atoms with van der Waals surface area (Å²) in [6, 6.07) is 46.0. The Labute approximate surface area is 312 Å². The summed E-state index contributed by atoms with van der Waals surface area (Å²) in [4.78, 5) is 21.3. The zero-order valence-electron chi connectivity index (χ0n) is 28.2. The van der Waals surface area contributed by atoms with Crippen molar-refractivity contribution in [3.8, 4) is 44.5 Å². The molecule has 9 rings (SSSR count). The molecule has 0 N–H and O–H groups in total. The van der Waals surface area contributed by atoms with Gasteiger partial charge in [-0.05, 0) is 70.3 Å². The molecule has 0 atom stereocenters. The predicted octanol–water partition coefficient (Wildman–Crippen LogP) is 11.5. The Morgan fingerprint density at radius 1 is 0.500 bits per heavy atom. The van der Waals surface area contributed by atoms with Gasteiger partial charge >= 0.3 is 16.5 Å². The van der Waals surface area contributed by atoms with Crippen molar-refractivity contribution in [1.82, 2.24) is 19.9 Å². The average molecular weight is 711 g/mol. The summed E-state index contributed by atoms with van der Waals surface area (Å²) >= 11 is 0. The Bertz CT molecular complexity index is 2470. The first-order valence-electron chi connectivity index (χ1n) is 17.2. The number of aromatic nitrogens is 4. The van der Waals surface area contributed by atoms with E-state index in [-0.39, 0.29) is 16.5 Å². The van der Waals surface area contributed by atoms with Gasteiger partial charge in [0.2, 0.25) is 0 Å². The van der Waals surface area contributed by atoms with Gasteiger partial charge in [-0.3, -0.25) is 9.97 Å². The van der Waals surface area contributed by atoms with E-state index < -0.39 is 0 Å². The van der Waals surface area contributed by atoms with Crippen molar-refractivity contribution in [2.45, 2.75) is 6.42 Å². The molecule has 0 unspecified atom stereocenters. The summed E-state index contributed by atoms with van der Waals surface area (Å²) in [6.07, 6.45) is 13.1. The molecule has 3 aromatic heterocycles. The summed E-state index contributed by atoms with van der Waals surface area (Å²) in [6.45, 7) is 4.18. The fourth-order valence-corrected chi connectivity index (χ4v) is 7.24. The van der Waals surface area contributed by atoms with Crippen LogP contribution >= 0.6 is 0 Å². The van der Waals surface area contributed by atoms with Crippen LogP contribution in [0.4, 0.5) is 0 Å². The van der Waals surface area contributed by atoms with Crippen LogP contribution in [-0.2, 0) is 22.9 Å². The van der Waals surface area contributed by atoms with Crippen LogP contribution in [0.15, 0.2) is 152 Å². The standard InChI is InChI=1S/C47H32N4.Ni/c1-2-15-35-36-30-48-47(35)46(34-22-13-6-14-23-34)42-29-28-41(51-42)45(33-20-11-5-12-21-33)40-27-26-39(50-40)44(32-18-9-4-10-19-32)38-25-24-37(49-38)43(36)31-16-7-3-8-17-31;/h2-14,16-30H,1,15H2;/q-2;+2. The van der Waals surface area contributed by atoms with Crippen molar-refractivity contribution in [2.24, 2.45) is 0 Å². The molecule has 4 aromatic carbocycles. The predicted molar refractivity (Wildman–Crippen MR) is 213 cm³/mol. The van der Waals surface area contributed by atoms with Crippen LogP contribution in [0.3, 0.4) is 0 Å². The average Bonchev–Trinajstić information content (AvgIpc) is 4.02. The second kappa shape index (κ2) is 14.1. The maximum Gasteiger partial charge on any atom is 2.00 e. The number of hydrogen-bond donors (Lipinski definition) is 0. The molecule has 0 radical (unpaired) electrons. The minimum absolute atomic E-state index is 0. The summed E-state index contributed by atoms with van der Waals surface area (Å²) < 4.78 is 0. The number of fused-ring (bicyclic) bond motifs is 8. The Morgan fingerprint density at radius 3 is 1.33 bits per heavy atom. The van der Waals surface area contributed by atoms with Gasteiger partial charge in [0.05, 0.1) is 11.4 Å². The first-order chi connectivity index (χ1) is 25.3. The van der Waals surface area contributed by atoms with E-state index in [2.05, 4.69) is 140 Å². The van der Waals surface area contributed by atoms with E-state index in [1.54, 1.807) is 0 Å². The second-order valence-electron chi connectivity index (χ2n) is 12.6. The van der Waals surface area contributed by atoms with E-state index >= 15 is 0 Å². The smallest absolute Gasteiger partial charge is 0.657 e. The Kier molecular flexibility index (Phi) is 8.95. The molecule has 5 heteroatoms. The number of nitrogens with zero attached hydrogens (tertiary/aromatic N) is 4. The van der Waals surface area contributed by atoms with Gasteiger partial charge in [0.25, 0.3) is 0 Å². The fraction of sp³-hybridized carbons (Fsp3) is 0.0213. The molecule has 250 valence electrons. The van der Waals surface area contributed by atoms with E-state index in [1.165, 1.54) is 0 Å². The van der Waals surface area contributed by atoms with Gasteiger partial charge in [-0.2, -0.15) is 0 Å². The zero-order chi connectivity index (χ0) is 34.1. The van der Waals surface area contributed by atoms with Crippen LogP contribution in [0.25, 0.3) is 90.7 Å². The SMILES string of the molecule is C=CC[c-]1c2cnc1c(-c1ccccc1)c1nc(c(-c3ccccc3)c3ccc([n-]3)c(-c3ccccc3)c3nc(c2-c2ccccc2)C=C3)C=C1.[Ni+2]. The van der Waals surface area contributed by atoms with E-state index in [1.807, 2.05) is 36.5 Å².